The predicted octanol–water partition coefficient (Wildman–Crippen LogP) is 4.78. The number of amides is 1. The lowest BCUT2D eigenvalue weighted by atomic mass is 9.97. The lowest BCUT2D eigenvalue weighted by Crippen LogP contribution is -2.22. The zero-order valence-electron chi connectivity index (χ0n) is 11.9. The highest BCUT2D eigenvalue weighted by Crippen LogP contribution is 2.17. The Balaban J connectivity index is 2.58. The maximum absolute atomic E-state index is 12.2. The molecule has 3 heteroatoms. The molecule has 106 valence electrons. The van der Waals surface area contributed by atoms with Crippen molar-refractivity contribution in [3.8, 4) is 0 Å². The van der Waals surface area contributed by atoms with Crippen LogP contribution < -0.4 is 5.32 Å². The van der Waals surface area contributed by atoms with Crippen molar-refractivity contribution in [1.29, 1.82) is 0 Å². The first-order chi connectivity index (χ1) is 9.21. The molecule has 1 amide bonds. The van der Waals surface area contributed by atoms with E-state index >= 15 is 0 Å². The lowest BCUT2D eigenvalue weighted by molar-refractivity contribution is -0.120. The second-order valence-corrected chi connectivity index (χ2v) is 5.69. The van der Waals surface area contributed by atoms with E-state index in [0.717, 1.165) is 43.1 Å². The summed E-state index contributed by atoms with van der Waals surface area (Å²) in [6, 6.07) is 8.13. The third kappa shape index (κ3) is 5.77. The average molecular weight is 326 g/mol. The second-order valence-electron chi connectivity index (χ2n) is 4.90. The van der Waals surface area contributed by atoms with Crippen LogP contribution >= 0.6 is 15.9 Å². The zero-order chi connectivity index (χ0) is 14.1. The van der Waals surface area contributed by atoms with Gasteiger partial charge < -0.3 is 5.32 Å². The van der Waals surface area contributed by atoms with Crippen molar-refractivity contribution in [2.75, 3.05) is 10.6 Å². The molecule has 1 N–H and O–H groups in total. The number of hydrogen-bond donors (Lipinski definition) is 1. The number of anilines is 1. The molecule has 0 atom stereocenters. The molecule has 19 heavy (non-hydrogen) atoms. The van der Waals surface area contributed by atoms with Crippen molar-refractivity contribution < 1.29 is 4.79 Å². The Bertz CT molecular complexity index is 369. The summed E-state index contributed by atoms with van der Waals surface area (Å²) in [4.78, 5) is 12.2. The number of hydrogen-bond acceptors (Lipinski definition) is 1. The molecule has 0 saturated carbocycles. The summed E-state index contributed by atoms with van der Waals surface area (Å²) < 4.78 is 0. The number of carbonyl (C=O) groups excluding carboxylic acids is 1. The molecule has 2 nitrogen and oxygen atoms in total. The first kappa shape index (κ1) is 16.2. The molecule has 0 saturated heterocycles. The molecular formula is C16H24BrNO. The first-order valence-corrected chi connectivity index (χ1v) is 8.29. The lowest BCUT2D eigenvalue weighted by Gasteiger charge is -2.15. The summed E-state index contributed by atoms with van der Waals surface area (Å²) in [5.41, 5.74) is 2.19. The van der Waals surface area contributed by atoms with Crippen molar-refractivity contribution in [2.24, 2.45) is 5.92 Å². The SMILES string of the molecule is CCCC(CCC)C(=O)Nc1ccc(CCBr)cc1. The standard InChI is InChI=1S/C16H24BrNO/c1-3-5-14(6-4-2)16(19)18-15-9-7-13(8-10-15)11-12-17/h7-10,14H,3-6,11-12H2,1-2H3,(H,18,19). The smallest absolute Gasteiger partial charge is 0.227 e. The van der Waals surface area contributed by atoms with Crippen LogP contribution in [-0.2, 0) is 11.2 Å². The van der Waals surface area contributed by atoms with Crippen LogP contribution in [0.1, 0.15) is 45.1 Å². The van der Waals surface area contributed by atoms with Gasteiger partial charge in [0.05, 0.1) is 0 Å². The molecule has 0 aromatic heterocycles. The van der Waals surface area contributed by atoms with E-state index in [4.69, 9.17) is 0 Å². The Morgan fingerprint density at radius 3 is 2.21 bits per heavy atom. The van der Waals surface area contributed by atoms with Gasteiger partial charge in [0.2, 0.25) is 5.91 Å². The molecule has 0 radical (unpaired) electrons. The van der Waals surface area contributed by atoms with Crippen molar-refractivity contribution >= 4 is 27.5 Å². The fourth-order valence-corrected chi connectivity index (χ4v) is 2.67. The molecule has 1 aromatic rings. The van der Waals surface area contributed by atoms with E-state index in [9.17, 15) is 4.79 Å². The van der Waals surface area contributed by atoms with E-state index in [2.05, 4.69) is 47.2 Å². The van der Waals surface area contributed by atoms with Gasteiger partial charge in [0.1, 0.15) is 0 Å². The van der Waals surface area contributed by atoms with Gasteiger partial charge in [0.15, 0.2) is 0 Å². The average Bonchev–Trinajstić information content (AvgIpc) is 2.41. The van der Waals surface area contributed by atoms with Gasteiger partial charge in [0.25, 0.3) is 0 Å². The van der Waals surface area contributed by atoms with Crippen LogP contribution in [-0.4, -0.2) is 11.2 Å². The monoisotopic (exact) mass is 325 g/mol. The van der Waals surface area contributed by atoms with E-state index in [0.29, 0.717) is 0 Å². The number of aryl methyl sites for hydroxylation is 1. The van der Waals surface area contributed by atoms with Crippen molar-refractivity contribution in [1.82, 2.24) is 0 Å². The minimum Gasteiger partial charge on any atom is -0.326 e. The Hall–Kier alpha value is -0.830. The second kappa shape index (κ2) is 9.13. The molecule has 0 bridgehead atoms. The van der Waals surface area contributed by atoms with Crippen LogP contribution in [0.4, 0.5) is 5.69 Å². The third-order valence-corrected chi connectivity index (χ3v) is 3.65. The van der Waals surface area contributed by atoms with Gasteiger partial charge >= 0.3 is 0 Å². The fourth-order valence-electron chi connectivity index (χ4n) is 2.21. The summed E-state index contributed by atoms with van der Waals surface area (Å²) in [7, 11) is 0. The van der Waals surface area contributed by atoms with Crippen LogP contribution in [0, 0.1) is 5.92 Å². The van der Waals surface area contributed by atoms with Crippen LogP contribution in [0.2, 0.25) is 0 Å². The Kier molecular flexibility index (Phi) is 7.80. The maximum Gasteiger partial charge on any atom is 0.227 e. The van der Waals surface area contributed by atoms with Crippen molar-refractivity contribution in [2.45, 2.75) is 46.0 Å². The number of rotatable bonds is 8. The molecule has 0 aliphatic rings. The number of alkyl halides is 1. The zero-order valence-corrected chi connectivity index (χ0v) is 13.5. The first-order valence-electron chi connectivity index (χ1n) is 7.17. The molecule has 0 aliphatic heterocycles. The van der Waals surface area contributed by atoms with Gasteiger partial charge in [-0.15, -0.1) is 0 Å². The van der Waals surface area contributed by atoms with E-state index in [1.165, 1.54) is 5.56 Å². The Labute approximate surface area is 125 Å². The Morgan fingerprint density at radius 2 is 1.74 bits per heavy atom. The highest BCUT2D eigenvalue weighted by Gasteiger charge is 2.16. The van der Waals surface area contributed by atoms with E-state index in [1.807, 2.05) is 12.1 Å². The van der Waals surface area contributed by atoms with Crippen LogP contribution in [0.25, 0.3) is 0 Å². The van der Waals surface area contributed by atoms with Gasteiger partial charge in [-0.2, -0.15) is 0 Å². The van der Waals surface area contributed by atoms with Crippen molar-refractivity contribution in [3.63, 3.8) is 0 Å². The summed E-state index contributed by atoms with van der Waals surface area (Å²) in [5.74, 6) is 0.314. The quantitative estimate of drug-likeness (QED) is 0.685. The van der Waals surface area contributed by atoms with E-state index in [1.54, 1.807) is 0 Å². The number of halogens is 1. The predicted molar refractivity (Wildman–Crippen MR) is 85.9 cm³/mol. The highest BCUT2D eigenvalue weighted by molar-refractivity contribution is 9.09. The van der Waals surface area contributed by atoms with E-state index < -0.39 is 0 Å². The van der Waals surface area contributed by atoms with Gasteiger partial charge in [-0.3, -0.25) is 4.79 Å². The summed E-state index contributed by atoms with van der Waals surface area (Å²) in [6.07, 6.45) is 5.08. The summed E-state index contributed by atoms with van der Waals surface area (Å²) in [6.45, 7) is 4.26. The minimum atomic E-state index is 0.150. The number of carbonyl (C=O) groups is 1. The molecule has 0 aliphatic carbocycles. The summed E-state index contributed by atoms with van der Waals surface area (Å²) in [5, 5.41) is 4.00. The third-order valence-electron chi connectivity index (χ3n) is 3.25. The molecule has 0 spiro atoms. The minimum absolute atomic E-state index is 0.150. The van der Waals surface area contributed by atoms with Crippen LogP contribution in [0.3, 0.4) is 0 Å². The van der Waals surface area contributed by atoms with Crippen LogP contribution in [0.5, 0.6) is 0 Å². The fraction of sp³-hybridized carbons (Fsp3) is 0.562. The van der Waals surface area contributed by atoms with Gasteiger partial charge in [-0.1, -0.05) is 54.8 Å². The molecule has 1 rings (SSSR count). The molecule has 0 unspecified atom stereocenters. The van der Waals surface area contributed by atoms with E-state index in [-0.39, 0.29) is 11.8 Å². The van der Waals surface area contributed by atoms with Gasteiger partial charge in [0, 0.05) is 16.9 Å². The normalized spacial score (nSPS) is 10.7. The highest BCUT2D eigenvalue weighted by atomic mass is 79.9. The van der Waals surface area contributed by atoms with Gasteiger partial charge in [-0.05, 0) is 37.0 Å². The topological polar surface area (TPSA) is 29.1 Å². The summed E-state index contributed by atoms with van der Waals surface area (Å²) >= 11 is 3.43. The van der Waals surface area contributed by atoms with Gasteiger partial charge in [-0.25, -0.2) is 0 Å². The molecule has 0 fully saturated rings. The molecular weight excluding hydrogens is 302 g/mol. The molecule has 1 aromatic carbocycles. The maximum atomic E-state index is 12.2. The Morgan fingerprint density at radius 1 is 1.16 bits per heavy atom. The number of benzene rings is 1. The largest absolute Gasteiger partial charge is 0.326 e. The number of nitrogens with one attached hydrogen (secondary N) is 1. The van der Waals surface area contributed by atoms with Crippen molar-refractivity contribution in [3.05, 3.63) is 29.8 Å². The molecule has 0 heterocycles. The van der Waals surface area contributed by atoms with Crippen LogP contribution in [0.15, 0.2) is 24.3 Å².